The van der Waals surface area contributed by atoms with Crippen LogP contribution in [-0.4, -0.2) is 26.9 Å². The molecule has 0 bridgehead atoms. The molecule has 1 N–H and O–H groups in total. The Hall–Kier alpha value is -0.483. The van der Waals surface area contributed by atoms with Crippen LogP contribution in [0.3, 0.4) is 0 Å². The lowest BCUT2D eigenvalue weighted by atomic mass is 10.2. The molecule has 0 aromatic rings. The van der Waals surface area contributed by atoms with Crippen molar-refractivity contribution in [3.05, 3.63) is 6.42 Å². The molecule has 3 nitrogen and oxygen atoms in total. The quantitative estimate of drug-likeness (QED) is 0.593. The van der Waals surface area contributed by atoms with Crippen LogP contribution in [0.4, 0.5) is 0 Å². The number of hydrogen-bond donors (Lipinski definition) is 1. The van der Waals surface area contributed by atoms with Crippen LogP contribution in [0.25, 0.3) is 0 Å². The second kappa shape index (κ2) is 4.18. The number of carbonyl (C=O) groups excluding carboxylic acids is 1. The Morgan fingerprint density at radius 1 is 1.53 bits per heavy atom. The van der Waals surface area contributed by atoms with Crippen LogP contribution in [0, 0.1) is 6.42 Å². The molecule has 1 heterocycles. The Labute approximate surface area is 93.7 Å². The van der Waals surface area contributed by atoms with Gasteiger partial charge in [0.05, 0.1) is 12.6 Å². The lowest BCUT2D eigenvalue weighted by molar-refractivity contribution is -0.116. The molecule has 4 heteroatoms. The SMILES string of the molecule is CC(C)(C)[Si](C)(C)OCC1C[CH+]C(=O)N1. The van der Waals surface area contributed by atoms with Gasteiger partial charge in [0.25, 0.3) is 0 Å². The van der Waals surface area contributed by atoms with Crippen molar-refractivity contribution in [1.29, 1.82) is 0 Å². The highest BCUT2D eigenvalue weighted by Crippen LogP contribution is 2.36. The zero-order chi connectivity index (χ0) is 11.7. The van der Waals surface area contributed by atoms with Crippen LogP contribution in [-0.2, 0) is 9.22 Å². The Balaban J connectivity index is 2.40. The molecule has 1 unspecified atom stereocenters. The average Bonchev–Trinajstić information content (AvgIpc) is 2.46. The molecule has 0 aliphatic carbocycles. The minimum atomic E-state index is -1.66. The van der Waals surface area contributed by atoms with Gasteiger partial charge in [0, 0.05) is 0 Å². The summed E-state index contributed by atoms with van der Waals surface area (Å²) >= 11 is 0. The number of nitrogens with one attached hydrogen (secondary N) is 1. The first kappa shape index (κ1) is 12.6. The topological polar surface area (TPSA) is 38.3 Å². The smallest absolute Gasteiger partial charge is 0.402 e. The molecule has 15 heavy (non-hydrogen) atoms. The van der Waals surface area contributed by atoms with Crippen molar-refractivity contribution < 1.29 is 9.22 Å². The molecule has 1 saturated heterocycles. The molecule has 1 fully saturated rings. The molecule has 0 radical (unpaired) electrons. The second-order valence-corrected chi connectivity index (χ2v) is 10.5. The molecule has 86 valence electrons. The summed E-state index contributed by atoms with van der Waals surface area (Å²) in [5.41, 5.74) is 0. The van der Waals surface area contributed by atoms with Crippen molar-refractivity contribution in [2.75, 3.05) is 6.61 Å². The predicted molar refractivity (Wildman–Crippen MR) is 64.0 cm³/mol. The highest BCUT2D eigenvalue weighted by Gasteiger charge is 2.39. The van der Waals surface area contributed by atoms with Crippen molar-refractivity contribution >= 4 is 14.2 Å². The standard InChI is InChI=1S/C11H21NO2Si/c1-11(2,3)15(4,5)14-8-9-6-7-10(13)12-9/h7,9H,6,8H2,1-5H3/p+1. The van der Waals surface area contributed by atoms with E-state index in [9.17, 15) is 4.79 Å². The third kappa shape index (κ3) is 3.24. The predicted octanol–water partition coefficient (Wildman–Crippen LogP) is 2.10. The van der Waals surface area contributed by atoms with Crippen molar-refractivity contribution in [3.8, 4) is 0 Å². The van der Waals surface area contributed by atoms with Crippen LogP contribution in [0.1, 0.15) is 27.2 Å². The minimum absolute atomic E-state index is 0.0406. The van der Waals surface area contributed by atoms with Crippen LogP contribution in [0.5, 0.6) is 0 Å². The van der Waals surface area contributed by atoms with Crippen molar-refractivity contribution in [2.45, 2.75) is 51.4 Å². The molecule has 0 spiro atoms. The summed E-state index contributed by atoms with van der Waals surface area (Å²) in [5, 5.41) is 3.12. The van der Waals surface area contributed by atoms with Gasteiger partial charge >= 0.3 is 5.91 Å². The Morgan fingerprint density at radius 2 is 2.13 bits per heavy atom. The van der Waals surface area contributed by atoms with E-state index < -0.39 is 8.32 Å². The summed E-state index contributed by atoms with van der Waals surface area (Å²) < 4.78 is 6.03. The van der Waals surface area contributed by atoms with Gasteiger partial charge < -0.3 is 9.74 Å². The zero-order valence-corrected chi connectivity index (χ0v) is 11.4. The van der Waals surface area contributed by atoms with Crippen LogP contribution >= 0.6 is 0 Å². The summed E-state index contributed by atoms with van der Waals surface area (Å²) in [6, 6.07) is 0.187. The van der Waals surface area contributed by atoms with E-state index in [-0.39, 0.29) is 17.0 Å². The first-order valence-electron chi connectivity index (χ1n) is 5.50. The summed E-state index contributed by atoms with van der Waals surface area (Å²) in [6.45, 7) is 11.8. The van der Waals surface area contributed by atoms with E-state index in [0.29, 0.717) is 6.61 Å². The fourth-order valence-corrected chi connectivity index (χ4v) is 2.25. The Kier molecular flexibility index (Phi) is 3.50. The molecule has 0 aromatic carbocycles. The first-order valence-corrected chi connectivity index (χ1v) is 8.41. The molecule has 0 saturated carbocycles. The molecular weight excluding hydrogens is 206 g/mol. The van der Waals surface area contributed by atoms with E-state index in [1.165, 1.54) is 0 Å². The van der Waals surface area contributed by atoms with Gasteiger partial charge in [-0.25, -0.2) is 4.79 Å². The van der Waals surface area contributed by atoms with Gasteiger partial charge in [-0.15, -0.1) is 0 Å². The second-order valence-electron chi connectivity index (χ2n) is 5.72. The lowest BCUT2D eigenvalue weighted by Gasteiger charge is -2.36. The van der Waals surface area contributed by atoms with E-state index in [0.717, 1.165) is 6.42 Å². The molecule has 1 rings (SSSR count). The van der Waals surface area contributed by atoms with Gasteiger partial charge in [0.2, 0.25) is 0 Å². The van der Waals surface area contributed by atoms with Gasteiger partial charge in [0.15, 0.2) is 14.7 Å². The van der Waals surface area contributed by atoms with E-state index in [4.69, 9.17) is 4.43 Å². The van der Waals surface area contributed by atoms with Crippen LogP contribution in [0.15, 0.2) is 0 Å². The fraction of sp³-hybridized carbons (Fsp3) is 0.818. The fourth-order valence-electron chi connectivity index (χ4n) is 1.20. The molecule has 1 aliphatic rings. The number of carbonyl (C=O) groups is 1. The third-order valence-corrected chi connectivity index (χ3v) is 7.89. The molecule has 1 amide bonds. The number of amides is 1. The largest absolute Gasteiger partial charge is 0.415 e. The van der Waals surface area contributed by atoms with Gasteiger partial charge in [0.1, 0.15) is 6.42 Å². The summed E-state index contributed by atoms with van der Waals surface area (Å²) in [7, 11) is -1.66. The van der Waals surface area contributed by atoms with E-state index in [1.54, 1.807) is 6.42 Å². The van der Waals surface area contributed by atoms with Gasteiger partial charge in [-0.3, -0.25) is 0 Å². The van der Waals surface area contributed by atoms with Crippen molar-refractivity contribution in [3.63, 3.8) is 0 Å². The molecule has 0 aromatic heterocycles. The lowest BCUT2D eigenvalue weighted by Crippen LogP contribution is -2.44. The minimum Gasteiger partial charge on any atom is -0.415 e. The van der Waals surface area contributed by atoms with E-state index >= 15 is 0 Å². The maximum atomic E-state index is 11.0. The molecule has 1 atom stereocenters. The van der Waals surface area contributed by atoms with Crippen molar-refractivity contribution in [2.24, 2.45) is 0 Å². The summed E-state index contributed by atoms with van der Waals surface area (Å²) in [4.78, 5) is 11.0. The van der Waals surface area contributed by atoms with Gasteiger partial charge in [-0.05, 0) is 18.1 Å². The van der Waals surface area contributed by atoms with Gasteiger partial charge in [-0.1, -0.05) is 20.8 Å². The summed E-state index contributed by atoms with van der Waals surface area (Å²) in [6.07, 6.45) is 2.49. The Bertz CT molecular complexity index is 245. The Morgan fingerprint density at radius 3 is 2.53 bits per heavy atom. The van der Waals surface area contributed by atoms with E-state index in [2.05, 4.69) is 39.2 Å². The normalized spacial score (nSPS) is 22.5. The maximum Gasteiger partial charge on any atom is 0.402 e. The maximum absolute atomic E-state index is 11.0. The van der Waals surface area contributed by atoms with Crippen LogP contribution < -0.4 is 5.32 Å². The number of hydrogen-bond acceptors (Lipinski definition) is 2. The third-order valence-electron chi connectivity index (χ3n) is 3.39. The zero-order valence-electron chi connectivity index (χ0n) is 10.4. The summed E-state index contributed by atoms with van der Waals surface area (Å²) in [5.74, 6) is 0.0406. The highest BCUT2D eigenvalue weighted by atomic mass is 28.4. The number of rotatable bonds is 3. The van der Waals surface area contributed by atoms with Gasteiger partial charge in [-0.2, -0.15) is 0 Å². The monoisotopic (exact) mass is 228 g/mol. The molecule has 1 aliphatic heterocycles. The molecular formula is C11H22NO2Si+. The van der Waals surface area contributed by atoms with E-state index in [1.807, 2.05) is 0 Å². The van der Waals surface area contributed by atoms with Crippen molar-refractivity contribution in [1.82, 2.24) is 5.32 Å². The van der Waals surface area contributed by atoms with Crippen LogP contribution in [0.2, 0.25) is 18.1 Å². The average molecular weight is 228 g/mol. The highest BCUT2D eigenvalue weighted by molar-refractivity contribution is 6.74. The first-order chi connectivity index (χ1) is 6.72.